The predicted molar refractivity (Wildman–Crippen MR) is 123 cm³/mol. The van der Waals surface area contributed by atoms with Crippen LogP contribution in [0.2, 0.25) is 0 Å². The number of piperidine rings is 1. The summed E-state index contributed by atoms with van der Waals surface area (Å²) in [5.41, 5.74) is 8.74. The second-order valence-electron chi connectivity index (χ2n) is 8.53. The molecule has 2 fully saturated rings. The van der Waals surface area contributed by atoms with Crippen molar-refractivity contribution in [3.8, 4) is 11.1 Å². The number of hydrogen-bond donors (Lipinski definition) is 4. The topological polar surface area (TPSA) is 140 Å². The molecule has 2 aliphatic heterocycles. The molecule has 2 bridgehead atoms. The minimum Gasteiger partial charge on any atom is -0.382 e. The zero-order valence-electron chi connectivity index (χ0n) is 17.7. The number of rotatable bonds is 6. The summed E-state index contributed by atoms with van der Waals surface area (Å²) in [7, 11) is -1.74. The maximum Gasteiger partial charge on any atom is 0.238 e. The Bertz CT molecular complexity index is 1070. The fraction of sp³-hybridized carbons (Fsp3) is 0.409. The van der Waals surface area contributed by atoms with Crippen LogP contribution in [0.5, 0.6) is 0 Å². The van der Waals surface area contributed by atoms with Gasteiger partial charge in [0.1, 0.15) is 0 Å². The van der Waals surface area contributed by atoms with Crippen LogP contribution in [0.15, 0.2) is 52.5 Å². The summed E-state index contributed by atoms with van der Waals surface area (Å²) in [5.74, 6) is 5.27. The first-order valence-electron chi connectivity index (χ1n) is 10.5. The van der Waals surface area contributed by atoms with Crippen molar-refractivity contribution in [1.82, 2.24) is 10.2 Å². The van der Waals surface area contributed by atoms with E-state index in [2.05, 4.69) is 22.4 Å². The van der Waals surface area contributed by atoms with Gasteiger partial charge in [0.25, 0.3) is 0 Å². The number of hydrogen-bond acceptors (Lipinski definition) is 6. The van der Waals surface area contributed by atoms with Gasteiger partial charge < -0.3 is 21.8 Å². The van der Waals surface area contributed by atoms with Crippen molar-refractivity contribution in [2.75, 3.05) is 7.05 Å². The first kappa shape index (κ1) is 21.8. The highest BCUT2D eigenvalue weighted by atomic mass is 32.2. The Morgan fingerprint density at radius 2 is 1.77 bits per heavy atom. The number of amidine groups is 1. The van der Waals surface area contributed by atoms with Gasteiger partial charge in [-0.1, -0.05) is 36.4 Å². The molecule has 0 aromatic heterocycles. The second-order valence-corrected chi connectivity index (χ2v) is 10.1. The fourth-order valence-electron chi connectivity index (χ4n) is 4.98. The number of fused-ring (bicyclic) bond motifs is 2. The van der Waals surface area contributed by atoms with Gasteiger partial charge in [0, 0.05) is 30.2 Å². The second kappa shape index (κ2) is 8.58. The van der Waals surface area contributed by atoms with E-state index >= 15 is 0 Å². The molecule has 31 heavy (non-hydrogen) atoms. The first-order valence-corrected chi connectivity index (χ1v) is 12.1. The summed E-state index contributed by atoms with van der Waals surface area (Å²) in [6, 6.07) is 14.7. The number of nitrogens with zero attached hydrogens (tertiary/aromatic N) is 2. The lowest BCUT2D eigenvalue weighted by Gasteiger charge is -2.36. The lowest BCUT2D eigenvalue weighted by Crippen LogP contribution is -2.46. The summed E-state index contributed by atoms with van der Waals surface area (Å²) in [5, 5.41) is 12.6. The van der Waals surface area contributed by atoms with E-state index in [0.717, 1.165) is 12.1 Å². The van der Waals surface area contributed by atoms with Gasteiger partial charge in [-0.25, -0.2) is 13.6 Å². The van der Waals surface area contributed by atoms with Crippen LogP contribution in [0.25, 0.3) is 11.1 Å². The van der Waals surface area contributed by atoms with Crippen molar-refractivity contribution in [3.05, 3.63) is 53.6 Å². The Balaban J connectivity index is 1.52. The molecule has 2 aromatic rings. The molecule has 2 atom stereocenters. The molecule has 9 heteroatoms. The number of sulfonamides is 1. The highest BCUT2D eigenvalue weighted by Crippen LogP contribution is 2.34. The summed E-state index contributed by atoms with van der Waals surface area (Å²) in [4.78, 5) is 2.44. The van der Waals surface area contributed by atoms with Crippen molar-refractivity contribution in [2.24, 2.45) is 21.8 Å². The van der Waals surface area contributed by atoms with Gasteiger partial charge in [0.15, 0.2) is 5.84 Å². The van der Waals surface area contributed by atoms with Crippen LogP contribution in [0, 0.1) is 0 Å². The average molecular weight is 443 g/mol. The number of nitrogens with two attached hydrogens (primary N) is 3. The summed E-state index contributed by atoms with van der Waals surface area (Å²) < 4.78 is 24.1. The van der Waals surface area contributed by atoms with E-state index in [4.69, 9.17) is 16.7 Å². The van der Waals surface area contributed by atoms with Crippen molar-refractivity contribution < 1.29 is 8.42 Å². The maximum atomic E-state index is 12.0. The van der Waals surface area contributed by atoms with E-state index in [1.165, 1.54) is 37.3 Å². The highest BCUT2D eigenvalue weighted by molar-refractivity contribution is 7.89. The smallest absolute Gasteiger partial charge is 0.238 e. The molecule has 0 amide bonds. The number of benzene rings is 2. The molecule has 2 aliphatic rings. The third-order valence-corrected chi connectivity index (χ3v) is 7.64. The summed E-state index contributed by atoms with van der Waals surface area (Å²) >= 11 is 0. The number of primary sulfonamides is 1. The van der Waals surface area contributed by atoms with E-state index in [9.17, 15) is 8.42 Å². The molecule has 0 spiro atoms. The molecule has 2 saturated heterocycles. The Hall–Kier alpha value is -2.46. The summed E-state index contributed by atoms with van der Waals surface area (Å²) in [6.45, 7) is 0.796. The Morgan fingerprint density at radius 1 is 1.13 bits per heavy atom. The van der Waals surface area contributed by atoms with Crippen LogP contribution < -0.4 is 22.0 Å². The van der Waals surface area contributed by atoms with Gasteiger partial charge in [-0.15, -0.1) is 0 Å². The Kier molecular flexibility index (Phi) is 6.02. The molecule has 0 radical (unpaired) electrons. The van der Waals surface area contributed by atoms with Gasteiger partial charge >= 0.3 is 0 Å². The molecule has 2 unspecified atom stereocenters. The van der Waals surface area contributed by atoms with Gasteiger partial charge in [-0.2, -0.15) is 5.10 Å². The van der Waals surface area contributed by atoms with Crippen LogP contribution >= 0.6 is 0 Å². The van der Waals surface area contributed by atoms with Crippen molar-refractivity contribution in [1.29, 1.82) is 0 Å². The van der Waals surface area contributed by atoms with Crippen LogP contribution in [0.4, 0.5) is 0 Å². The SMILES string of the molecule is CN1C2CCC1CC(NCc1ccc(-c3cccc(S(N)(=O)=O)c3/C(N)=N/N)cc1)C2. The average Bonchev–Trinajstić information content (AvgIpc) is 2.97. The molecule has 0 aliphatic carbocycles. The van der Waals surface area contributed by atoms with Crippen molar-refractivity contribution in [2.45, 2.75) is 55.2 Å². The molecule has 8 nitrogen and oxygen atoms in total. The van der Waals surface area contributed by atoms with E-state index < -0.39 is 10.0 Å². The molecular formula is C22H30N6O2S. The molecular weight excluding hydrogens is 412 g/mol. The largest absolute Gasteiger partial charge is 0.382 e. The van der Waals surface area contributed by atoms with Crippen LogP contribution in [-0.2, 0) is 16.6 Å². The van der Waals surface area contributed by atoms with E-state index in [1.54, 1.807) is 12.1 Å². The van der Waals surface area contributed by atoms with Crippen LogP contribution in [-0.4, -0.2) is 44.3 Å². The zero-order valence-corrected chi connectivity index (χ0v) is 18.5. The molecule has 0 saturated carbocycles. The van der Waals surface area contributed by atoms with Gasteiger partial charge in [-0.05, 0) is 55.5 Å². The lowest BCUT2D eigenvalue weighted by atomic mass is 9.96. The first-order chi connectivity index (χ1) is 14.8. The Morgan fingerprint density at radius 3 is 2.35 bits per heavy atom. The van der Waals surface area contributed by atoms with Crippen molar-refractivity contribution >= 4 is 15.9 Å². The maximum absolute atomic E-state index is 12.0. The highest BCUT2D eigenvalue weighted by Gasteiger charge is 2.38. The molecule has 7 N–H and O–H groups in total. The van der Waals surface area contributed by atoms with Gasteiger partial charge in [0.2, 0.25) is 10.0 Å². The van der Waals surface area contributed by atoms with Crippen LogP contribution in [0.1, 0.15) is 36.8 Å². The fourth-order valence-corrected chi connectivity index (χ4v) is 5.75. The van der Waals surface area contributed by atoms with Crippen LogP contribution in [0.3, 0.4) is 0 Å². The third-order valence-electron chi connectivity index (χ3n) is 6.69. The zero-order chi connectivity index (χ0) is 22.2. The van der Waals surface area contributed by atoms with Gasteiger partial charge in [0.05, 0.1) is 4.90 Å². The minimum absolute atomic E-state index is 0.0812. The predicted octanol–water partition coefficient (Wildman–Crippen LogP) is 1.29. The monoisotopic (exact) mass is 442 g/mol. The van der Waals surface area contributed by atoms with E-state index in [0.29, 0.717) is 23.7 Å². The molecule has 2 heterocycles. The molecule has 2 aromatic carbocycles. The normalized spacial score (nSPS) is 24.5. The van der Waals surface area contributed by atoms with E-state index in [1.807, 2.05) is 24.3 Å². The van der Waals surface area contributed by atoms with E-state index in [-0.39, 0.29) is 16.3 Å². The quantitative estimate of drug-likeness (QED) is 0.230. The molecule has 166 valence electrons. The third kappa shape index (κ3) is 4.45. The lowest BCUT2D eigenvalue weighted by molar-refractivity contribution is 0.148. The van der Waals surface area contributed by atoms with Gasteiger partial charge in [-0.3, -0.25) is 0 Å². The molecule has 4 rings (SSSR count). The standard InChI is InChI=1S/C22H30N6O2S/c1-28-17-9-10-18(28)12-16(11-17)26-13-14-5-7-15(8-6-14)19-3-2-4-20(31(25,29)30)21(19)22(23)27-24/h2-8,16-18,26H,9-13,24H2,1H3,(H2,23,27)(H2,25,29,30). The summed E-state index contributed by atoms with van der Waals surface area (Å²) in [6.07, 6.45) is 5.02. The number of hydrazone groups is 1. The Labute approximate surface area is 183 Å². The number of nitrogens with one attached hydrogen (secondary N) is 1. The van der Waals surface area contributed by atoms with Crippen molar-refractivity contribution in [3.63, 3.8) is 0 Å². The minimum atomic E-state index is -3.99.